The van der Waals surface area contributed by atoms with E-state index in [0.717, 1.165) is 29.9 Å². The van der Waals surface area contributed by atoms with Crippen molar-refractivity contribution in [1.29, 1.82) is 0 Å². The van der Waals surface area contributed by atoms with Crippen molar-refractivity contribution >= 4 is 19.2 Å². The molecule has 1 aromatic heterocycles. The summed E-state index contributed by atoms with van der Waals surface area (Å²) in [6.07, 6.45) is 26.4. The molecule has 0 bridgehead atoms. The van der Waals surface area contributed by atoms with Crippen LogP contribution in [0.5, 0.6) is 5.75 Å². The third kappa shape index (κ3) is 13.0. The molecule has 4 heteroatoms. The van der Waals surface area contributed by atoms with E-state index in [1.54, 1.807) is 0 Å². The molecule has 0 aliphatic carbocycles. The van der Waals surface area contributed by atoms with Crippen molar-refractivity contribution in [1.82, 2.24) is 9.97 Å². The molecule has 40 heavy (non-hydrogen) atoms. The lowest BCUT2D eigenvalue weighted by molar-refractivity contribution is 0.492. The van der Waals surface area contributed by atoms with E-state index in [0.29, 0.717) is 0 Å². The van der Waals surface area contributed by atoms with E-state index in [4.69, 9.17) is 14.4 Å². The second-order valence-electron chi connectivity index (χ2n) is 13.8. The smallest absolute Gasteiger partial charge is 0.250 e. The van der Waals surface area contributed by atoms with Crippen molar-refractivity contribution in [3.63, 3.8) is 0 Å². The predicted octanol–water partition coefficient (Wildman–Crippen LogP) is 12.2. The quantitative estimate of drug-likeness (QED) is 0.105. The minimum Gasteiger partial charge on any atom is -0.543 e. The maximum Gasteiger partial charge on any atom is 0.250 e. The average molecular weight is 569 g/mol. The highest BCUT2D eigenvalue weighted by atomic mass is 28.4. The summed E-state index contributed by atoms with van der Waals surface area (Å²) in [5, 5.41) is 1.38. The highest BCUT2D eigenvalue weighted by Crippen LogP contribution is 2.38. The zero-order valence-electron chi connectivity index (χ0n) is 27.7. The summed E-state index contributed by atoms with van der Waals surface area (Å²) in [6, 6.07) is 6.56. The van der Waals surface area contributed by atoms with Crippen molar-refractivity contribution in [2.24, 2.45) is 0 Å². The Morgan fingerprint density at radius 3 is 1.60 bits per heavy atom. The fraction of sp³-hybridized carbons (Fsp3) is 0.778. The summed E-state index contributed by atoms with van der Waals surface area (Å²) >= 11 is 0. The Bertz CT molecular complexity index is 950. The van der Waals surface area contributed by atoms with Crippen LogP contribution in [0.15, 0.2) is 18.2 Å². The van der Waals surface area contributed by atoms with Gasteiger partial charge in [-0.2, -0.15) is 0 Å². The van der Waals surface area contributed by atoms with Crippen LogP contribution >= 0.6 is 0 Å². The number of nitrogens with zero attached hydrogens (tertiary/aromatic N) is 2. The van der Waals surface area contributed by atoms with Crippen LogP contribution in [0.4, 0.5) is 0 Å². The second kappa shape index (κ2) is 18.9. The minimum atomic E-state index is -1.89. The van der Waals surface area contributed by atoms with E-state index in [1.165, 1.54) is 127 Å². The standard InChI is InChI=1S/C36H64N2OSi/c1-8-10-12-14-16-18-20-22-24-26-33-32-30-31(39-40(6,7)36(3,4)5)28-29-34(32)38-35(37-33)27-25-23-21-19-17-15-13-11-9-2/h28-30H,8-27H2,1-7H3. The maximum atomic E-state index is 6.67. The van der Waals surface area contributed by atoms with Crippen LogP contribution in [0, 0.1) is 0 Å². The third-order valence-electron chi connectivity index (χ3n) is 8.99. The summed E-state index contributed by atoms with van der Waals surface area (Å²) in [4.78, 5) is 10.2. The van der Waals surface area contributed by atoms with Gasteiger partial charge >= 0.3 is 0 Å². The first kappa shape index (κ1) is 34.8. The van der Waals surface area contributed by atoms with E-state index >= 15 is 0 Å². The molecule has 228 valence electrons. The SMILES string of the molecule is CCCCCCCCCCCc1nc(CCCCCCCCCCC)c2cc(O[Si](C)(C)C(C)(C)C)ccc2n1. The third-order valence-corrected chi connectivity index (χ3v) is 13.4. The normalized spacial score (nSPS) is 12.4. The number of hydrogen-bond donors (Lipinski definition) is 0. The van der Waals surface area contributed by atoms with Gasteiger partial charge in [0, 0.05) is 11.8 Å². The van der Waals surface area contributed by atoms with Crippen LogP contribution < -0.4 is 4.43 Å². The molecule has 0 saturated carbocycles. The Balaban J connectivity index is 2.01. The van der Waals surface area contributed by atoms with Gasteiger partial charge in [0.2, 0.25) is 8.32 Å². The number of benzene rings is 1. The fourth-order valence-corrected chi connectivity index (χ4v) is 6.26. The summed E-state index contributed by atoms with van der Waals surface area (Å²) < 4.78 is 6.67. The number of aromatic nitrogens is 2. The largest absolute Gasteiger partial charge is 0.543 e. The molecule has 2 aromatic rings. The van der Waals surface area contributed by atoms with E-state index < -0.39 is 8.32 Å². The summed E-state index contributed by atoms with van der Waals surface area (Å²) in [5.41, 5.74) is 2.33. The van der Waals surface area contributed by atoms with Gasteiger partial charge in [-0.15, -0.1) is 0 Å². The average Bonchev–Trinajstić information content (AvgIpc) is 2.90. The van der Waals surface area contributed by atoms with Gasteiger partial charge in [-0.25, -0.2) is 9.97 Å². The molecular weight excluding hydrogens is 504 g/mol. The summed E-state index contributed by atoms with van der Waals surface area (Å²) in [5.74, 6) is 2.03. The van der Waals surface area contributed by atoms with Crippen LogP contribution in [-0.4, -0.2) is 18.3 Å². The lowest BCUT2D eigenvalue weighted by Gasteiger charge is -2.36. The van der Waals surface area contributed by atoms with Crippen molar-refractivity contribution in [3.05, 3.63) is 29.7 Å². The molecule has 0 radical (unpaired) electrons. The number of rotatable bonds is 22. The van der Waals surface area contributed by atoms with Crippen molar-refractivity contribution in [2.45, 2.75) is 181 Å². The molecule has 0 amide bonds. The van der Waals surface area contributed by atoms with Gasteiger partial charge in [-0.05, 0) is 55.6 Å². The van der Waals surface area contributed by atoms with E-state index in [1.807, 2.05) is 0 Å². The Labute approximate surface area is 249 Å². The molecule has 0 fully saturated rings. The minimum absolute atomic E-state index is 0.178. The topological polar surface area (TPSA) is 35.0 Å². The lowest BCUT2D eigenvalue weighted by atomic mass is 10.0. The molecule has 0 unspecified atom stereocenters. The fourth-order valence-electron chi connectivity index (χ4n) is 5.23. The zero-order chi connectivity index (χ0) is 29.3. The van der Waals surface area contributed by atoms with Gasteiger partial charge in [-0.1, -0.05) is 137 Å². The molecule has 0 N–H and O–H groups in total. The van der Waals surface area contributed by atoms with Crippen LogP contribution in [0.3, 0.4) is 0 Å². The van der Waals surface area contributed by atoms with Gasteiger partial charge in [0.25, 0.3) is 0 Å². The van der Waals surface area contributed by atoms with Gasteiger partial charge in [0.1, 0.15) is 11.6 Å². The van der Waals surface area contributed by atoms with E-state index in [2.05, 4.69) is 65.9 Å². The molecular formula is C36H64N2OSi. The molecule has 0 saturated heterocycles. The number of unbranched alkanes of at least 4 members (excludes halogenated alkanes) is 16. The van der Waals surface area contributed by atoms with Crippen LogP contribution in [0.2, 0.25) is 18.1 Å². The highest BCUT2D eigenvalue weighted by molar-refractivity contribution is 6.74. The number of hydrogen-bond acceptors (Lipinski definition) is 3. The van der Waals surface area contributed by atoms with Crippen molar-refractivity contribution in [2.75, 3.05) is 0 Å². The van der Waals surface area contributed by atoms with Crippen LogP contribution in [0.1, 0.15) is 162 Å². The first-order chi connectivity index (χ1) is 19.2. The van der Waals surface area contributed by atoms with Gasteiger partial charge < -0.3 is 4.43 Å². The molecule has 0 aliphatic heterocycles. The Morgan fingerprint density at radius 2 is 1.10 bits per heavy atom. The van der Waals surface area contributed by atoms with E-state index in [-0.39, 0.29) is 5.04 Å². The molecule has 0 spiro atoms. The van der Waals surface area contributed by atoms with E-state index in [9.17, 15) is 0 Å². The summed E-state index contributed by atoms with van der Waals surface area (Å²) in [7, 11) is -1.89. The Morgan fingerprint density at radius 1 is 0.625 bits per heavy atom. The first-order valence-electron chi connectivity index (χ1n) is 17.2. The predicted molar refractivity (Wildman–Crippen MR) is 179 cm³/mol. The Kier molecular flexibility index (Phi) is 16.4. The highest BCUT2D eigenvalue weighted by Gasteiger charge is 2.39. The molecule has 3 nitrogen and oxygen atoms in total. The number of fused-ring (bicyclic) bond motifs is 1. The zero-order valence-corrected chi connectivity index (χ0v) is 28.7. The maximum absolute atomic E-state index is 6.67. The molecule has 2 rings (SSSR count). The number of aryl methyl sites for hydroxylation is 2. The van der Waals surface area contributed by atoms with Gasteiger partial charge in [0.15, 0.2) is 0 Å². The van der Waals surface area contributed by atoms with Crippen LogP contribution in [0.25, 0.3) is 10.9 Å². The second-order valence-corrected chi connectivity index (χ2v) is 18.5. The monoisotopic (exact) mass is 568 g/mol. The van der Waals surface area contributed by atoms with Crippen molar-refractivity contribution < 1.29 is 4.43 Å². The molecule has 1 heterocycles. The molecule has 0 atom stereocenters. The van der Waals surface area contributed by atoms with Crippen LogP contribution in [-0.2, 0) is 12.8 Å². The molecule has 0 aliphatic rings. The summed E-state index contributed by atoms with van der Waals surface area (Å²) in [6.45, 7) is 16.1. The Hall–Kier alpha value is -1.42. The van der Waals surface area contributed by atoms with Gasteiger partial charge in [0.05, 0.1) is 11.2 Å². The molecule has 1 aromatic carbocycles. The first-order valence-corrected chi connectivity index (χ1v) is 20.1. The van der Waals surface area contributed by atoms with Crippen molar-refractivity contribution in [3.8, 4) is 5.75 Å². The van der Waals surface area contributed by atoms with Gasteiger partial charge in [-0.3, -0.25) is 0 Å². The lowest BCUT2D eigenvalue weighted by Crippen LogP contribution is -2.43.